The van der Waals surface area contributed by atoms with Crippen molar-refractivity contribution in [3.05, 3.63) is 35.9 Å². The third-order valence-electron chi connectivity index (χ3n) is 3.87. The Hall–Kier alpha value is -1.15. The van der Waals surface area contributed by atoms with E-state index in [4.69, 9.17) is 0 Å². The van der Waals surface area contributed by atoms with Crippen molar-refractivity contribution in [2.24, 2.45) is 11.8 Å². The third kappa shape index (κ3) is 3.95. The molecular weight excluding hydrogens is 222 g/mol. The fourth-order valence-electron chi connectivity index (χ4n) is 2.91. The monoisotopic (exact) mass is 245 g/mol. The second-order valence-corrected chi connectivity index (χ2v) is 5.62. The minimum Gasteiger partial charge on any atom is -0.303 e. The van der Waals surface area contributed by atoms with Gasteiger partial charge in [0.05, 0.1) is 0 Å². The summed E-state index contributed by atoms with van der Waals surface area (Å²) in [5, 5.41) is 0. The molecule has 1 aromatic rings. The molecule has 1 aliphatic heterocycles. The van der Waals surface area contributed by atoms with E-state index < -0.39 is 0 Å². The molecule has 0 aromatic heterocycles. The Morgan fingerprint density at radius 1 is 1.33 bits per heavy atom. The van der Waals surface area contributed by atoms with E-state index in [2.05, 4.69) is 42.2 Å². The zero-order chi connectivity index (χ0) is 12.8. The average molecular weight is 245 g/mol. The van der Waals surface area contributed by atoms with Crippen LogP contribution in [0.1, 0.15) is 31.7 Å². The highest BCUT2D eigenvalue weighted by Crippen LogP contribution is 2.24. The summed E-state index contributed by atoms with van der Waals surface area (Å²) in [5.74, 6) is 1.29. The van der Waals surface area contributed by atoms with Crippen LogP contribution in [0.3, 0.4) is 0 Å². The molecule has 0 saturated carbocycles. The molecule has 2 atom stereocenters. The van der Waals surface area contributed by atoms with Crippen LogP contribution in [0.4, 0.5) is 0 Å². The third-order valence-corrected chi connectivity index (χ3v) is 3.87. The Balaban J connectivity index is 1.96. The molecule has 1 aliphatic rings. The highest BCUT2D eigenvalue weighted by atomic mass is 16.1. The molecule has 1 saturated heterocycles. The summed E-state index contributed by atoms with van der Waals surface area (Å²) in [6.07, 6.45) is 4.26. The molecule has 2 rings (SSSR count). The molecule has 2 unspecified atom stereocenters. The van der Waals surface area contributed by atoms with Crippen molar-refractivity contribution in [1.29, 1.82) is 0 Å². The molecule has 0 spiro atoms. The van der Waals surface area contributed by atoms with Crippen LogP contribution in [0.2, 0.25) is 0 Å². The Labute approximate surface area is 110 Å². The number of benzene rings is 1. The molecule has 2 heteroatoms. The second-order valence-electron chi connectivity index (χ2n) is 5.62. The first kappa shape index (κ1) is 13.3. The maximum atomic E-state index is 10.7. The van der Waals surface area contributed by atoms with Crippen LogP contribution in [0, 0.1) is 11.8 Å². The molecule has 18 heavy (non-hydrogen) atoms. The van der Waals surface area contributed by atoms with E-state index in [1.54, 1.807) is 0 Å². The van der Waals surface area contributed by atoms with Crippen LogP contribution in [-0.2, 0) is 11.3 Å². The van der Waals surface area contributed by atoms with Gasteiger partial charge in [-0.2, -0.15) is 0 Å². The van der Waals surface area contributed by atoms with Crippen molar-refractivity contribution in [1.82, 2.24) is 4.90 Å². The summed E-state index contributed by atoms with van der Waals surface area (Å²) >= 11 is 0. The lowest BCUT2D eigenvalue weighted by Gasteiger charge is -2.23. The summed E-state index contributed by atoms with van der Waals surface area (Å²) in [7, 11) is 0. The van der Waals surface area contributed by atoms with Gasteiger partial charge in [0.2, 0.25) is 0 Å². The van der Waals surface area contributed by atoms with Crippen LogP contribution in [0.15, 0.2) is 30.3 Å². The van der Waals surface area contributed by atoms with Crippen molar-refractivity contribution in [2.45, 2.75) is 32.7 Å². The SMILES string of the molecule is CC1CCN(Cc2ccccc2)CC(CC=O)C1. The quantitative estimate of drug-likeness (QED) is 0.760. The number of aldehydes is 1. The topological polar surface area (TPSA) is 20.3 Å². The van der Waals surface area contributed by atoms with Crippen LogP contribution >= 0.6 is 0 Å². The number of rotatable bonds is 4. The predicted octanol–water partition coefficient (Wildman–Crippen LogP) is 3.12. The van der Waals surface area contributed by atoms with Crippen LogP contribution in [-0.4, -0.2) is 24.3 Å². The highest BCUT2D eigenvalue weighted by Gasteiger charge is 2.21. The standard InChI is InChI=1S/C16H23NO/c1-14-7-9-17(13-16(11-14)8-10-18)12-15-5-3-2-4-6-15/h2-6,10,14,16H,7-9,11-13H2,1H3. The van der Waals surface area contributed by atoms with Gasteiger partial charge >= 0.3 is 0 Å². The zero-order valence-electron chi connectivity index (χ0n) is 11.2. The van der Waals surface area contributed by atoms with Gasteiger partial charge in [0.15, 0.2) is 0 Å². The normalized spacial score (nSPS) is 25.6. The minimum atomic E-state index is 0.545. The molecule has 2 nitrogen and oxygen atoms in total. The van der Waals surface area contributed by atoms with E-state index in [0.717, 1.165) is 38.3 Å². The molecule has 1 heterocycles. The lowest BCUT2D eigenvalue weighted by Crippen LogP contribution is -2.28. The Kier molecular flexibility index (Phi) is 4.94. The molecular formula is C16H23NO. The smallest absolute Gasteiger partial charge is 0.120 e. The maximum Gasteiger partial charge on any atom is 0.120 e. The minimum absolute atomic E-state index is 0.545. The first-order chi connectivity index (χ1) is 8.78. The van der Waals surface area contributed by atoms with E-state index in [1.165, 1.54) is 18.4 Å². The summed E-state index contributed by atoms with van der Waals surface area (Å²) < 4.78 is 0. The summed E-state index contributed by atoms with van der Waals surface area (Å²) in [5.41, 5.74) is 1.37. The van der Waals surface area contributed by atoms with Crippen molar-refractivity contribution >= 4 is 6.29 Å². The summed E-state index contributed by atoms with van der Waals surface area (Å²) in [6.45, 7) is 5.55. The molecule has 0 amide bonds. The van der Waals surface area contributed by atoms with Gasteiger partial charge in [-0.25, -0.2) is 0 Å². The van der Waals surface area contributed by atoms with E-state index in [0.29, 0.717) is 5.92 Å². The fourth-order valence-corrected chi connectivity index (χ4v) is 2.91. The Morgan fingerprint density at radius 2 is 2.11 bits per heavy atom. The second kappa shape index (κ2) is 6.69. The van der Waals surface area contributed by atoms with Gasteiger partial charge in [-0.05, 0) is 36.8 Å². The molecule has 0 N–H and O–H groups in total. The molecule has 1 fully saturated rings. The number of nitrogens with zero attached hydrogens (tertiary/aromatic N) is 1. The van der Waals surface area contributed by atoms with Crippen LogP contribution < -0.4 is 0 Å². The van der Waals surface area contributed by atoms with Crippen molar-refractivity contribution in [2.75, 3.05) is 13.1 Å². The summed E-state index contributed by atoms with van der Waals surface area (Å²) in [6, 6.07) is 10.6. The maximum absolute atomic E-state index is 10.7. The van der Waals surface area contributed by atoms with Gasteiger partial charge < -0.3 is 4.79 Å². The predicted molar refractivity (Wildman–Crippen MR) is 74.3 cm³/mol. The van der Waals surface area contributed by atoms with Gasteiger partial charge in [-0.15, -0.1) is 0 Å². The van der Waals surface area contributed by atoms with E-state index in [-0.39, 0.29) is 0 Å². The largest absolute Gasteiger partial charge is 0.303 e. The fraction of sp³-hybridized carbons (Fsp3) is 0.562. The highest BCUT2D eigenvalue weighted by molar-refractivity contribution is 5.49. The number of carbonyl (C=O) groups is 1. The van der Waals surface area contributed by atoms with Crippen molar-refractivity contribution in [3.63, 3.8) is 0 Å². The lowest BCUT2D eigenvalue weighted by molar-refractivity contribution is -0.108. The van der Waals surface area contributed by atoms with Gasteiger partial charge in [0, 0.05) is 19.5 Å². The van der Waals surface area contributed by atoms with Crippen LogP contribution in [0.5, 0.6) is 0 Å². The first-order valence-electron chi connectivity index (χ1n) is 6.98. The van der Waals surface area contributed by atoms with E-state index in [1.807, 2.05) is 0 Å². The van der Waals surface area contributed by atoms with E-state index in [9.17, 15) is 4.79 Å². The molecule has 98 valence electrons. The molecule has 0 radical (unpaired) electrons. The van der Waals surface area contributed by atoms with Gasteiger partial charge in [0.1, 0.15) is 6.29 Å². The molecule has 0 aliphatic carbocycles. The van der Waals surface area contributed by atoms with Crippen molar-refractivity contribution in [3.8, 4) is 0 Å². The Bertz CT molecular complexity index is 363. The van der Waals surface area contributed by atoms with Gasteiger partial charge in [0.25, 0.3) is 0 Å². The van der Waals surface area contributed by atoms with Crippen molar-refractivity contribution < 1.29 is 4.79 Å². The number of carbonyl (C=O) groups excluding carboxylic acids is 1. The van der Waals surface area contributed by atoms with Crippen LogP contribution in [0.25, 0.3) is 0 Å². The average Bonchev–Trinajstić information content (AvgIpc) is 2.53. The number of hydrogen-bond acceptors (Lipinski definition) is 2. The van der Waals surface area contributed by atoms with Gasteiger partial charge in [-0.3, -0.25) is 4.90 Å². The number of likely N-dealkylation sites (tertiary alicyclic amines) is 1. The Morgan fingerprint density at radius 3 is 2.83 bits per heavy atom. The molecule has 1 aromatic carbocycles. The van der Waals surface area contributed by atoms with E-state index >= 15 is 0 Å². The molecule has 0 bridgehead atoms. The number of hydrogen-bond donors (Lipinski definition) is 0. The van der Waals surface area contributed by atoms with Gasteiger partial charge in [-0.1, -0.05) is 37.3 Å². The lowest BCUT2D eigenvalue weighted by atomic mass is 9.93. The zero-order valence-corrected chi connectivity index (χ0v) is 11.2. The first-order valence-corrected chi connectivity index (χ1v) is 6.98. The summed E-state index contributed by atoms with van der Waals surface area (Å²) in [4.78, 5) is 13.2.